The van der Waals surface area contributed by atoms with E-state index in [9.17, 15) is 14.7 Å². The zero-order valence-corrected chi connectivity index (χ0v) is 16.4. The predicted octanol–water partition coefficient (Wildman–Crippen LogP) is -1.11. The van der Waals surface area contributed by atoms with Crippen LogP contribution in [0.1, 0.15) is 37.7 Å². The van der Waals surface area contributed by atoms with E-state index in [0.29, 0.717) is 12.4 Å². The fourth-order valence-corrected chi connectivity index (χ4v) is 2.82. The number of aromatic nitrogens is 3. The summed E-state index contributed by atoms with van der Waals surface area (Å²) < 4.78 is 1.47. The molecule has 24 heavy (non-hydrogen) atoms. The molecule has 0 radical (unpaired) electrons. The van der Waals surface area contributed by atoms with Gasteiger partial charge in [0.2, 0.25) is 0 Å². The summed E-state index contributed by atoms with van der Waals surface area (Å²) in [5, 5.41) is 13.3. The van der Waals surface area contributed by atoms with Gasteiger partial charge in [0, 0.05) is 30.9 Å². The smallest absolute Gasteiger partial charge is 1.00 e. The molecule has 1 aliphatic rings. The minimum Gasteiger partial charge on any atom is -1.00 e. The van der Waals surface area contributed by atoms with Crippen molar-refractivity contribution in [2.24, 2.45) is 0 Å². The summed E-state index contributed by atoms with van der Waals surface area (Å²) >= 11 is 0. The molecule has 3 rings (SSSR count). The van der Waals surface area contributed by atoms with E-state index in [1.807, 2.05) is 20.8 Å². The van der Waals surface area contributed by atoms with E-state index in [1.165, 1.54) is 10.7 Å². The summed E-state index contributed by atoms with van der Waals surface area (Å²) in [6, 6.07) is 1.77. The van der Waals surface area contributed by atoms with Crippen LogP contribution in [0.15, 0.2) is 12.3 Å². The van der Waals surface area contributed by atoms with Gasteiger partial charge < -0.3 is 11.4 Å². The Hall–Kier alpha value is -1.64. The first-order valence-electron chi connectivity index (χ1n) is 7.57. The molecule has 8 nitrogen and oxygen atoms in total. The largest absolute Gasteiger partial charge is 1.00 e. The minimum absolute atomic E-state index is 0. The first-order valence-corrected chi connectivity index (χ1v) is 7.57. The summed E-state index contributed by atoms with van der Waals surface area (Å²) in [5.74, 6) is -0.619. The van der Waals surface area contributed by atoms with E-state index in [2.05, 4.69) is 10.1 Å². The fourth-order valence-electron chi connectivity index (χ4n) is 2.82. The Labute approximate surface area is 163 Å². The van der Waals surface area contributed by atoms with Crippen LogP contribution in [0.5, 0.6) is 0 Å². The van der Waals surface area contributed by atoms with Crippen molar-refractivity contribution in [1.82, 2.24) is 19.5 Å². The molecule has 9 heteroatoms. The zero-order chi connectivity index (χ0) is 16.7. The molecule has 1 fully saturated rings. The maximum absolute atomic E-state index is 12.6. The quantitative estimate of drug-likeness (QED) is 0.715. The molecule has 0 saturated carbocycles. The van der Waals surface area contributed by atoms with Crippen LogP contribution in [0, 0.1) is 6.92 Å². The van der Waals surface area contributed by atoms with E-state index < -0.39 is 5.97 Å². The van der Waals surface area contributed by atoms with Gasteiger partial charge in [0.15, 0.2) is 5.65 Å². The van der Waals surface area contributed by atoms with Gasteiger partial charge >= 0.3 is 41.6 Å². The van der Waals surface area contributed by atoms with E-state index in [1.54, 1.807) is 15.9 Å². The number of nitrogens with zero attached hydrogens (tertiary/aromatic N) is 5. The molecule has 0 aliphatic carbocycles. The number of fused-ring (bicyclic) bond motifs is 1. The first-order chi connectivity index (χ1) is 10.9. The molecule has 0 atom stereocenters. The van der Waals surface area contributed by atoms with Crippen molar-refractivity contribution in [3.8, 4) is 0 Å². The SMILES string of the molecule is Cc1cc(N2CCCN(C(C)C)C2=O)nc2c(C(=O)O)cnn12.[H-].[Na+]. The molecule has 0 spiro atoms. The van der Waals surface area contributed by atoms with Gasteiger partial charge in [-0.3, -0.25) is 4.90 Å². The number of aromatic carboxylic acids is 1. The van der Waals surface area contributed by atoms with Crippen molar-refractivity contribution in [2.45, 2.75) is 33.2 Å². The molecule has 2 aromatic rings. The Morgan fingerprint density at radius 3 is 2.71 bits per heavy atom. The Morgan fingerprint density at radius 2 is 2.08 bits per heavy atom. The van der Waals surface area contributed by atoms with Crippen molar-refractivity contribution in [3.05, 3.63) is 23.5 Å². The molecule has 0 bridgehead atoms. The minimum atomic E-state index is -1.09. The molecule has 124 valence electrons. The molecule has 1 saturated heterocycles. The predicted molar refractivity (Wildman–Crippen MR) is 85.0 cm³/mol. The van der Waals surface area contributed by atoms with Gasteiger partial charge in [0.1, 0.15) is 11.4 Å². The number of anilines is 1. The molecule has 3 heterocycles. The Balaban J connectivity index is 0.00000156. The molecule has 0 unspecified atom stereocenters. The number of carboxylic acid groups (broad SMARTS) is 1. The number of hydrogen-bond donors (Lipinski definition) is 1. The summed E-state index contributed by atoms with van der Waals surface area (Å²) in [7, 11) is 0. The van der Waals surface area contributed by atoms with E-state index >= 15 is 0 Å². The second-order valence-electron chi connectivity index (χ2n) is 5.93. The third-order valence-corrected chi connectivity index (χ3v) is 4.02. The van der Waals surface area contributed by atoms with Gasteiger partial charge in [-0.1, -0.05) is 0 Å². The fraction of sp³-hybridized carbons (Fsp3) is 0.467. The monoisotopic (exact) mass is 341 g/mol. The van der Waals surface area contributed by atoms with Crippen molar-refractivity contribution < 1.29 is 45.7 Å². The van der Waals surface area contributed by atoms with E-state index in [-0.39, 0.29) is 54.3 Å². The summed E-state index contributed by atoms with van der Waals surface area (Å²) in [4.78, 5) is 31.7. The van der Waals surface area contributed by atoms with E-state index in [4.69, 9.17) is 0 Å². The van der Waals surface area contributed by atoms with E-state index in [0.717, 1.165) is 18.7 Å². The van der Waals surface area contributed by atoms with Crippen molar-refractivity contribution in [1.29, 1.82) is 0 Å². The van der Waals surface area contributed by atoms with Crippen LogP contribution in [0.25, 0.3) is 5.65 Å². The van der Waals surface area contributed by atoms with Crippen molar-refractivity contribution in [2.75, 3.05) is 18.0 Å². The Kier molecular flexibility index (Phi) is 5.52. The number of carbonyl (C=O) groups is 2. The van der Waals surface area contributed by atoms with Gasteiger partial charge in [-0.15, -0.1) is 0 Å². The normalized spacial score (nSPS) is 15.1. The summed E-state index contributed by atoms with van der Waals surface area (Å²) in [6.45, 7) is 7.06. The standard InChI is InChI=1S/C15H19N5O3.Na.H/c1-9(2)18-5-4-6-19(15(18)23)12-7-10(3)20-13(17-12)11(8-16-20)14(21)22;;/h7-9H,4-6H2,1-3H3,(H,21,22);;/q;+1;-1. The number of rotatable bonds is 3. The molecule has 1 aliphatic heterocycles. The van der Waals surface area contributed by atoms with Crippen LogP contribution < -0.4 is 34.5 Å². The number of carboxylic acids is 1. The Bertz CT molecular complexity index is 795. The van der Waals surface area contributed by atoms with Crippen LogP contribution in [0.3, 0.4) is 0 Å². The Morgan fingerprint density at radius 1 is 1.38 bits per heavy atom. The summed E-state index contributed by atoms with van der Waals surface area (Å²) in [5.41, 5.74) is 1.01. The van der Waals surface area contributed by atoms with Gasteiger partial charge in [-0.05, 0) is 27.2 Å². The number of urea groups is 1. The second kappa shape index (κ2) is 7.08. The van der Waals surface area contributed by atoms with Gasteiger partial charge in [-0.25, -0.2) is 19.1 Å². The third kappa shape index (κ3) is 3.13. The van der Waals surface area contributed by atoms with Crippen LogP contribution in [0.4, 0.5) is 10.6 Å². The maximum atomic E-state index is 12.6. The molecule has 1 N–H and O–H groups in total. The first kappa shape index (κ1) is 18.7. The number of hydrogen-bond acceptors (Lipinski definition) is 4. The summed E-state index contributed by atoms with van der Waals surface area (Å²) in [6.07, 6.45) is 2.13. The number of aryl methyl sites for hydroxylation is 1. The zero-order valence-electron chi connectivity index (χ0n) is 15.4. The molecule has 2 aromatic heterocycles. The van der Waals surface area contributed by atoms with Crippen LogP contribution >= 0.6 is 0 Å². The maximum Gasteiger partial charge on any atom is 1.00 e. The van der Waals surface area contributed by atoms with Crippen LogP contribution in [-0.4, -0.2) is 55.7 Å². The van der Waals surface area contributed by atoms with Crippen LogP contribution in [0.2, 0.25) is 0 Å². The molecular weight excluding hydrogens is 321 g/mol. The molecular formula is C15H20N5NaO3. The van der Waals surface area contributed by atoms with Crippen LogP contribution in [-0.2, 0) is 0 Å². The average Bonchev–Trinajstić information content (AvgIpc) is 2.91. The second-order valence-corrected chi connectivity index (χ2v) is 5.93. The molecule has 2 amide bonds. The topological polar surface area (TPSA) is 91.0 Å². The number of amides is 2. The van der Waals surface area contributed by atoms with Crippen molar-refractivity contribution >= 4 is 23.5 Å². The molecule has 0 aromatic carbocycles. The average molecular weight is 341 g/mol. The van der Waals surface area contributed by atoms with Gasteiger partial charge in [0.05, 0.1) is 6.20 Å². The third-order valence-electron chi connectivity index (χ3n) is 4.02. The van der Waals surface area contributed by atoms with Gasteiger partial charge in [0.25, 0.3) is 0 Å². The van der Waals surface area contributed by atoms with Gasteiger partial charge in [-0.2, -0.15) is 5.10 Å². The van der Waals surface area contributed by atoms with Crippen molar-refractivity contribution in [3.63, 3.8) is 0 Å². The number of carbonyl (C=O) groups excluding carboxylic acids is 1.